The maximum absolute atomic E-state index is 3.69. The molecule has 1 aliphatic carbocycles. The highest BCUT2D eigenvalue weighted by molar-refractivity contribution is 4.86. The van der Waals surface area contributed by atoms with Crippen LogP contribution in [0.2, 0.25) is 0 Å². The molecule has 2 nitrogen and oxygen atoms in total. The number of hydrogen-bond donors (Lipinski definition) is 1. The molecule has 0 aromatic carbocycles. The van der Waals surface area contributed by atoms with Gasteiger partial charge in [-0.1, -0.05) is 20.8 Å². The molecule has 2 heteroatoms. The van der Waals surface area contributed by atoms with E-state index in [1.54, 1.807) is 0 Å². The van der Waals surface area contributed by atoms with Crippen molar-refractivity contribution in [1.82, 2.24) is 10.2 Å². The maximum Gasteiger partial charge on any atom is 0.00965 e. The van der Waals surface area contributed by atoms with Crippen LogP contribution >= 0.6 is 0 Å². The molecule has 2 fully saturated rings. The predicted octanol–water partition coefficient (Wildman–Crippen LogP) is 3.28. The van der Waals surface area contributed by atoms with Crippen LogP contribution in [0.5, 0.6) is 0 Å². The van der Waals surface area contributed by atoms with Gasteiger partial charge in [0.15, 0.2) is 0 Å². The van der Waals surface area contributed by atoms with Gasteiger partial charge in [0, 0.05) is 18.6 Å². The van der Waals surface area contributed by atoms with Crippen LogP contribution in [0.3, 0.4) is 0 Å². The molecule has 1 N–H and O–H groups in total. The molecule has 0 bridgehead atoms. The van der Waals surface area contributed by atoms with Crippen LogP contribution in [0.25, 0.3) is 0 Å². The summed E-state index contributed by atoms with van der Waals surface area (Å²) in [5.74, 6) is 1.83. The van der Waals surface area contributed by atoms with Crippen LogP contribution < -0.4 is 5.32 Å². The summed E-state index contributed by atoms with van der Waals surface area (Å²) in [5, 5.41) is 3.69. The minimum atomic E-state index is 0.808. The molecule has 1 aliphatic heterocycles. The van der Waals surface area contributed by atoms with Crippen molar-refractivity contribution in [3.63, 3.8) is 0 Å². The minimum absolute atomic E-state index is 0.808. The summed E-state index contributed by atoms with van der Waals surface area (Å²) in [4.78, 5) is 2.79. The lowest BCUT2D eigenvalue weighted by molar-refractivity contribution is 0.0714. The summed E-state index contributed by atoms with van der Waals surface area (Å²) < 4.78 is 0. The van der Waals surface area contributed by atoms with Gasteiger partial charge in [-0.2, -0.15) is 0 Å². The largest absolute Gasteiger partial charge is 0.314 e. The number of piperidine rings is 1. The fourth-order valence-electron chi connectivity index (χ4n) is 3.62. The first-order valence-electron chi connectivity index (χ1n) is 8.18. The Morgan fingerprint density at radius 3 is 2.33 bits per heavy atom. The SMILES string of the molecule is CCCNC1CCC(N2CCC(C)C(C)C2)CC1. The molecule has 0 aromatic heterocycles. The molecule has 1 saturated heterocycles. The van der Waals surface area contributed by atoms with E-state index in [1.165, 1.54) is 58.2 Å². The van der Waals surface area contributed by atoms with Crippen molar-refractivity contribution in [2.45, 2.75) is 71.4 Å². The molecule has 0 spiro atoms. The van der Waals surface area contributed by atoms with E-state index < -0.39 is 0 Å². The number of rotatable bonds is 4. The van der Waals surface area contributed by atoms with Crippen molar-refractivity contribution in [1.29, 1.82) is 0 Å². The second-order valence-corrected chi connectivity index (χ2v) is 6.70. The monoisotopic (exact) mass is 252 g/mol. The lowest BCUT2D eigenvalue weighted by Gasteiger charge is -2.43. The molecule has 18 heavy (non-hydrogen) atoms. The van der Waals surface area contributed by atoms with E-state index in [9.17, 15) is 0 Å². The third-order valence-corrected chi connectivity index (χ3v) is 5.26. The first-order chi connectivity index (χ1) is 8.70. The molecule has 2 rings (SSSR count). The predicted molar refractivity (Wildman–Crippen MR) is 78.9 cm³/mol. The Labute approximate surface area is 114 Å². The van der Waals surface area contributed by atoms with Gasteiger partial charge < -0.3 is 10.2 Å². The lowest BCUT2D eigenvalue weighted by atomic mass is 9.84. The molecule has 106 valence electrons. The van der Waals surface area contributed by atoms with Gasteiger partial charge in [0.1, 0.15) is 0 Å². The number of likely N-dealkylation sites (tertiary alicyclic amines) is 1. The van der Waals surface area contributed by atoms with Gasteiger partial charge in [-0.3, -0.25) is 0 Å². The van der Waals surface area contributed by atoms with Crippen molar-refractivity contribution in [2.75, 3.05) is 19.6 Å². The number of nitrogens with one attached hydrogen (secondary N) is 1. The third-order valence-electron chi connectivity index (χ3n) is 5.26. The molecule has 1 saturated carbocycles. The highest BCUT2D eigenvalue weighted by atomic mass is 15.2. The van der Waals surface area contributed by atoms with Gasteiger partial charge in [-0.15, -0.1) is 0 Å². The molecule has 0 radical (unpaired) electrons. The van der Waals surface area contributed by atoms with E-state index >= 15 is 0 Å². The summed E-state index contributed by atoms with van der Waals surface area (Å²) in [6.07, 6.45) is 8.30. The first-order valence-corrected chi connectivity index (χ1v) is 8.18. The standard InChI is InChI=1S/C16H32N2/c1-4-10-17-15-5-7-16(8-6-15)18-11-9-13(2)14(3)12-18/h13-17H,4-12H2,1-3H3. The molecular formula is C16H32N2. The van der Waals surface area contributed by atoms with E-state index in [0.717, 1.165) is 23.9 Å². The summed E-state index contributed by atoms with van der Waals surface area (Å²) >= 11 is 0. The third kappa shape index (κ3) is 3.71. The first kappa shape index (κ1) is 14.3. The van der Waals surface area contributed by atoms with Crippen LogP contribution in [0.1, 0.15) is 59.3 Å². The van der Waals surface area contributed by atoms with Gasteiger partial charge >= 0.3 is 0 Å². The Balaban J connectivity index is 1.72. The quantitative estimate of drug-likeness (QED) is 0.826. The summed E-state index contributed by atoms with van der Waals surface area (Å²) in [7, 11) is 0. The number of hydrogen-bond acceptors (Lipinski definition) is 2. The average Bonchev–Trinajstić information content (AvgIpc) is 2.40. The van der Waals surface area contributed by atoms with Gasteiger partial charge in [0.25, 0.3) is 0 Å². The van der Waals surface area contributed by atoms with Crippen LogP contribution in [-0.4, -0.2) is 36.6 Å². The van der Waals surface area contributed by atoms with Crippen molar-refractivity contribution in [2.24, 2.45) is 11.8 Å². The van der Waals surface area contributed by atoms with E-state index in [1.807, 2.05) is 0 Å². The van der Waals surface area contributed by atoms with Gasteiger partial charge in [0.05, 0.1) is 0 Å². The van der Waals surface area contributed by atoms with E-state index in [4.69, 9.17) is 0 Å². The van der Waals surface area contributed by atoms with Gasteiger partial charge in [-0.25, -0.2) is 0 Å². The zero-order valence-corrected chi connectivity index (χ0v) is 12.6. The van der Waals surface area contributed by atoms with E-state index in [0.29, 0.717) is 0 Å². The fraction of sp³-hybridized carbons (Fsp3) is 1.00. The summed E-state index contributed by atoms with van der Waals surface area (Å²) in [6, 6.07) is 1.70. The van der Waals surface area contributed by atoms with Crippen LogP contribution in [0.15, 0.2) is 0 Å². The summed E-state index contributed by atoms with van der Waals surface area (Å²) in [6.45, 7) is 11.0. The van der Waals surface area contributed by atoms with Crippen LogP contribution in [-0.2, 0) is 0 Å². The van der Waals surface area contributed by atoms with Crippen molar-refractivity contribution < 1.29 is 0 Å². The topological polar surface area (TPSA) is 15.3 Å². The fourth-order valence-corrected chi connectivity index (χ4v) is 3.62. The summed E-state index contributed by atoms with van der Waals surface area (Å²) in [5.41, 5.74) is 0. The second kappa shape index (κ2) is 6.91. The van der Waals surface area contributed by atoms with E-state index in [2.05, 4.69) is 31.0 Å². The van der Waals surface area contributed by atoms with Crippen molar-refractivity contribution in [3.05, 3.63) is 0 Å². The molecule has 2 atom stereocenters. The highest BCUT2D eigenvalue weighted by Crippen LogP contribution is 2.29. The molecular weight excluding hydrogens is 220 g/mol. The molecule has 0 amide bonds. The smallest absolute Gasteiger partial charge is 0.00965 e. The Bertz CT molecular complexity index is 233. The Hall–Kier alpha value is -0.0800. The van der Waals surface area contributed by atoms with Gasteiger partial charge in [-0.05, 0) is 63.5 Å². The Morgan fingerprint density at radius 2 is 1.72 bits per heavy atom. The Morgan fingerprint density at radius 1 is 1.00 bits per heavy atom. The van der Waals surface area contributed by atoms with Crippen molar-refractivity contribution in [3.8, 4) is 0 Å². The molecule has 2 aliphatic rings. The maximum atomic E-state index is 3.69. The zero-order chi connectivity index (χ0) is 13.0. The molecule has 1 heterocycles. The van der Waals surface area contributed by atoms with Crippen molar-refractivity contribution >= 4 is 0 Å². The van der Waals surface area contributed by atoms with Gasteiger partial charge in [0.2, 0.25) is 0 Å². The normalized spacial score (nSPS) is 38.8. The van der Waals surface area contributed by atoms with E-state index in [-0.39, 0.29) is 0 Å². The molecule has 2 unspecified atom stereocenters. The number of nitrogens with zero attached hydrogens (tertiary/aromatic N) is 1. The highest BCUT2D eigenvalue weighted by Gasteiger charge is 2.30. The second-order valence-electron chi connectivity index (χ2n) is 6.70. The lowest BCUT2D eigenvalue weighted by Crippen LogP contribution is -2.47. The molecule has 0 aromatic rings. The minimum Gasteiger partial charge on any atom is -0.314 e. The van der Waals surface area contributed by atoms with Crippen LogP contribution in [0, 0.1) is 11.8 Å². The average molecular weight is 252 g/mol. The van der Waals surface area contributed by atoms with Crippen LogP contribution in [0.4, 0.5) is 0 Å². The zero-order valence-electron chi connectivity index (χ0n) is 12.6. The Kier molecular flexibility index (Phi) is 5.50.